The summed E-state index contributed by atoms with van der Waals surface area (Å²) in [4.78, 5) is 10.9. The second-order valence-corrected chi connectivity index (χ2v) is 6.58. The molecule has 0 fully saturated rings. The van der Waals surface area contributed by atoms with Gasteiger partial charge in [-0.1, -0.05) is 0 Å². The Morgan fingerprint density at radius 3 is 2.00 bits per heavy atom. The fourth-order valence-corrected chi connectivity index (χ4v) is 3.70. The first-order valence-electron chi connectivity index (χ1n) is 4.88. The fourth-order valence-electron chi connectivity index (χ4n) is 1.31. The zero-order valence-corrected chi connectivity index (χ0v) is 10.9. The van der Waals surface area contributed by atoms with Crippen LogP contribution in [0.15, 0.2) is 54.6 Å². The second-order valence-electron chi connectivity index (χ2n) is 3.30. The van der Waals surface area contributed by atoms with Crippen LogP contribution in [0.2, 0.25) is 0 Å². The van der Waals surface area contributed by atoms with E-state index in [0.717, 1.165) is 0 Å². The molecule has 0 radical (unpaired) electrons. The standard InChI is InChI=1S/C13H11NOTe/c14-13(15)10-6-8-12(9-7-10)16-11-4-2-1-3-5-11/h1-9H,(H2,14,15). The summed E-state index contributed by atoms with van der Waals surface area (Å²) < 4.78 is 2.70. The van der Waals surface area contributed by atoms with E-state index in [1.807, 2.05) is 18.2 Å². The number of carbonyl (C=O) groups is 1. The van der Waals surface area contributed by atoms with E-state index < -0.39 is 0 Å². The van der Waals surface area contributed by atoms with Crippen molar-refractivity contribution < 1.29 is 4.79 Å². The van der Waals surface area contributed by atoms with Crippen molar-refractivity contribution in [2.24, 2.45) is 5.73 Å². The monoisotopic (exact) mass is 327 g/mol. The molecule has 0 unspecified atom stereocenters. The summed E-state index contributed by atoms with van der Waals surface area (Å²) in [7, 11) is 0. The molecule has 0 aromatic heterocycles. The average Bonchev–Trinajstić information content (AvgIpc) is 2.31. The third kappa shape index (κ3) is 2.85. The van der Waals surface area contributed by atoms with E-state index in [4.69, 9.17) is 5.73 Å². The molecule has 16 heavy (non-hydrogen) atoms. The van der Waals surface area contributed by atoms with Crippen LogP contribution in [0.3, 0.4) is 0 Å². The molecule has 80 valence electrons. The molecule has 0 atom stereocenters. The number of carbonyl (C=O) groups excluding carboxylic acids is 1. The topological polar surface area (TPSA) is 43.1 Å². The van der Waals surface area contributed by atoms with Crippen LogP contribution in [0, 0.1) is 0 Å². The molecule has 2 nitrogen and oxygen atoms in total. The zero-order valence-electron chi connectivity index (χ0n) is 8.59. The van der Waals surface area contributed by atoms with Gasteiger partial charge in [0.05, 0.1) is 0 Å². The normalized spacial score (nSPS) is 10.0. The summed E-state index contributed by atoms with van der Waals surface area (Å²) in [5.41, 5.74) is 5.76. The maximum absolute atomic E-state index is 10.9. The van der Waals surface area contributed by atoms with E-state index in [1.54, 1.807) is 12.1 Å². The van der Waals surface area contributed by atoms with E-state index in [9.17, 15) is 4.79 Å². The number of amides is 1. The molecule has 3 heteroatoms. The SMILES string of the molecule is NC(=O)c1ccc([Te]c2ccccc2)cc1. The third-order valence-corrected chi connectivity index (χ3v) is 5.02. The Labute approximate surface area is 105 Å². The average molecular weight is 325 g/mol. The summed E-state index contributed by atoms with van der Waals surface area (Å²) in [6.45, 7) is 0. The summed E-state index contributed by atoms with van der Waals surface area (Å²) >= 11 is -0.343. The number of rotatable bonds is 3. The molecule has 0 aliphatic heterocycles. The maximum atomic E-state index is 10.9. The molecule has 0 spiro atoms. The third-order valence-electron chi connectivity index (χ3n) is 2.12. The molecule has 2 aromatic carbocycles. The number of nitrogens with two attached hydrogens (primary N) is 1. The van der Waals surface area contributed by atoms with Gasteiger partial charge in [0, 0.05) is 0 Å². The van der Waals surface area contributed by atoms with Gasteiger partial charge < -0.3 is 0 Å². The Balaban J connectivity index is 2.14. The van der Waals surface area contributed by atoms with Crippen molar-refractivity contribution in [1.29, 1.82) is 0 Å². The molecule has 2 aromatic rings. The van der Waals surface area contributed by atoms with Crippen molar-refractivity contribution in [3.8, 4) is 0 Å². The molecule has 0 heterocycles. The Morgan fingerprint density at radius 1 is 0.875 bits per heavy atom. The van der Waals surface area contributed by atoms with E-state index >= 15 is 0 Å². The van der Waals surface area contributed by atoms with Gasteiger partial charge in [-0.25, -0.2) is 0 Å². The first kappa shape index (κ1) is 11.2. The Bertz CT molecular complexity index is 479. The van der Waals surface area contributed by atoms with Gasteiger partial charge in [0.1, 0.15) is 0 Å². The molecule has 0 saturated heterocycles. The Morgan fingerprint density at radius 2 is 1.44 bits per heavy atom. The summed E-state index contributed by atoms with van der Waals surface area (Å²) in [5, 5.41) is 0. The number of primary amides is 1. The van der Waals surface area contributed by atoms with Gasteiger partial charge in [0.15, 0.2) is 0 Å². The van der Waals surface area contributed by atoms with Gasteiger partial charge in [-0.3, -0.25) is 0 Å². The fraction of sp³-hybridized carbons (Fsp3) is 0. The molecule has 0 saturated carbocycles. The van der Waals surface area contributed by atoms with Crippen molar-refractivity contribution in [1.82, 2.24) is 0 Å². The predicted octanol–water partition coefficient (Wildman–Crippen LogP) is 0.440. The first-order valence-corrected chi connectivity index (χ1v) is 7.21. The van der Waals surface area contributed by atoms with Crippen molar-refractivity contribution >= 4 is 34.1 Å². The molecular weight excluding hydrogens is 314 g/mol. The van der Waals surface area contributed by atoms with Crippen LogP contribution in [0.4, 0.5) is 0 Å². The Kier molecular flexibility index (Phi) is 3.61. The first-order chi connectivity index (χ1) is 7.75. The Hall–Kier alpha value is -1.30. The van der Waals surface area contributed by atoms with Crippen LogP contribution < -0.4 is 13.0 Å². The summed E-state index contributed by atoms with van der Waals surface area (Å²) in [6.07, 6.45) is 0. The van der Waals surface area contributed by atoms with E-state index in [0.29, 0.717) is 5.56 Å². The van der Waals surface area contributed by atoms with Crippen molar-refractivity contribution in [3.05, 3.63) is 60.2 Å². The van der Waals surface area contributed by atoms with E-state index in [-0.39, 0.29) is 26.8 Å². The van der Waals surface area contributed by atoms with Crippen molar-refractivity contribution in [2.45, 2.75) is 0 Å². The number of hydrogen-bond acceptors (Lipinski definition) is 1. The molecule has 0 aliphatic rings. The molecule has 1 amide bonds. The number of benzene rings is 2. The van der Waals surface area contributed by atoms with E-state index in [2.05, 4.69) is 24.3 Å². The van der Waals surface area contributed by atoms with Crippen LogP contribution >= 0.6 is 0 Å². The minimum atomic E-state index is -0.369. The molecule has 2 N–H and O–H groups in total. The zero-order chi connectivity index (χ0) is 11.4. The molecule has 0 aliphatic carbocycles. The van der Waals surface area contributed by atoms with Crippen LogP contribution in [0.25, 0.3) is 0 Å². The van der Waals surface area contributed by atoms with Crippen LogP contribution in [0.1, 0.15) is 10.4 Å². The van der Waals surface area contributed by atoms with Gasteiger partial charge in [0.25, 0.3) is 0 Å². The molecule has 0 bridgehead atoms. The van der Waals surface area contributed by atoms with E-state index in [1.165, 1.54) is 7.22 Å². The van der Waals surface area contributed by atoms with Crippen LogP contribution in [0.5, 0.6) is 0 Å². The van der Waals surface area contributed by atoms with Gasteiger partial charge in [-0.15, -0.1) is 0 Å². The van der Waals surface area contributed by atoms with Crippen molar-refractivity contribution in [3.63, 3.8) is 0 Å². The van der Waals surface area contributed by atoms with Gasteiger partial charge in [-0.2, -0.15) is 0 Å². The van der Waals surface area contributed by atoms with Crippen molar-refractivity contribution in [2.75, 3.05) is 0 Å². The van der Waals surface area contributed by atoms with Gasteiger partial charge in [0.2, 0.25) is 0 Å². The number of hydrogen-bond donors (Lipinski definition) is 1. The van der Waals surface area contributed by atoms with Gasteiger partial charge >= 0.3 is 105 Å². The van der Waals surface area contributed by atoms with Gasteiger partial charge in [-0.05, 0) is 0 Å². The minimum absolute atomic E-state index is 0.343. The summed E-state index contributed by atoms with van der Waals surface area (Å²) in [5.74, 6) is -0.369. The quantitative estimate of drug-likeness (QED) is 0.818. The molecular formula is C13H11NOTe. The molecule has 2 rings (SSSR count). The second kappa shape index (κ2) is 5.16. The van der Waals surface area contributed by atoms with Crippen LogP contribution in [-0.2, 0) is 0 Å². The summed E-state index contributed by atoms with van der Waals surface area (Å²) in [6, 6.07) is 18.0. The predicted molar refractivity (Wildman–Crippen MR) is 66.4 cm³/mol. The van der Waals surface area contributed by atoms with Crippen LogP contribution in [-0.4, -0.2) is 26.8 Å².